The number of nitrogens with zero attached hydrogens (tertiary/aromatic N) is 1. The van der Waals surface area contributed by atoms with Crippen molar-refractivity contribution in [1.82, 2.24) is 0 Å². The quantitative estimate of drug-likeness (QED) is 0.821. The molecule has 0 spiro atoms. The second kappa shape index (κ2) is 6.70. The van der Waals surface area contributed by atoms with Crippen LogP contribution < -0.4 is 13.8 Å². The highest BCUT2D eigenvalue weighted by molar-refractivity contribution is 7.92. The number of methoxy groups -OCH3 is 2. The van der Waals surface area contributed by atoms with Gasteiger partial charge in [-0.2, -0.15) is 0 Å². The Morgan fingerprint density at radius 1 is 1.00 bits per heavy atom. The maximum atomic E-state index is 12.2. The summed E-state index contributed by atoms with van der Waals surface area (Å²) in [6.45, 7) is 0.238. The van der Waals surface area contributed by atoms with Gasteiger partial charge in [0.1, 0.15) is 11.5 Å². The smallest absolute Gasteiger partial charge is 0.232 e. The Morgan fingerprint density at radius 3 is 2.23 bits per heavy atom. The first kappa shape index (κ1) is 16.2. The highest BCUT2D eigenvalue weighted by atomic mass is 32.2. The molecule has 0 bridgehead atoms. The number of ether oxygens (including phenoxy) is 2. The number of benzene rings is 2. The minimum atomic E-state index is -3.46. The molecule has 0 aliphatic carbocycles. The lowest BCUT2D eigenvalue weighted by molar-refractivity contribution is 0.395. The Balaban J connectivity index is 2.47. The van der Waals surface area contributed by atoms with Crippen molar-refractivity contribution in [2.45, 2.75) is 6.54 Å². The van der Waals surface area contributed by atoms with E-state index in [1.165, 1.54) is 17.7 Å². The fourth-order valence-electron chi connectivity index (χ4n) is 2.12. The van der Waals surface area contributed by atoms with Crippen molar-refractivity contribution in [2.24, 2.45) is 0 Å². The molecule has 0 N–H and O–H groups in total. The lowest BCUT2D eigenvalue weighted by atomic mass is 10.2. The van der Waals surface area contributed by atoms with Crippen LogP contribution in [0.15, 0.2) is 48.5 Å². The molecule has 2 aromatic rings. The number of hydrogen-bond donors (Lipinski definition) is 0. The van der Waals surface area contributed by atoms with Crippen LogP contribution in [0.1, 0.15) is 5.56 Å². The van der Waals surface area contributed by atoms with Crippen LogP contribution in [-0.2, 0) is 16.6 Å². The van der Waals surface area contributed by atoms with E-state index in [-0.39, 0.29) is 6.54 Å². The summed E-state index contributed by atoms with van der Waals surface area (Å²) >= 11 is 0. The first-order chi connectivity index (χ1) is 10.5. The molecule has 2 rings (SSSR count). The Kier molecular flexibility index (Phi) is 4.92. The van der Waals surface area contributed by atoms with E-state index < -0.39 is 10.0 Å². The summed E-state index contributed by atoms with van der Waals surface area (Å²) in [7, 11) is -0.406. The predicted octanol–water partition coefficient (Wildman–Crippen LogP) is 2.67. The third kappa shape index (κ3) is 3.71. The minimum absolute atomic E-state index is 0.238. The van der Waals surface area contributed by atoms with Gasteiger partial charge < -0.3 is 9.47 Å². The Morgan fingerprint density at radius 2 is 1.68 bits per heavy atom. The Hall–Kier alpha value is -2.21. The SMILES string of the molecule is COc1ccc(N(Cc2ccccc2)S(C)(=O)=O)c(OC)c1. The summed E-state index contributed by atoms with van der Waals surface area (Å²) < 4.78 is 36.2. The number of sulfonamides is 1. The molecule has 0 atom stereocenters. The van der Waals surface area contributed by atoms with Crippen LogP contribution in [0.25, 0.3) is 0 Å². The lowest BCUT2D eigenvalue weighted by Crippen LogP contribution is -2.29. The van der Waals surface area contributed by atoms with Gasteiger partial charge in [-0.1, -0.05) is 30.3 Å². The molecule has 0 heterocycles. The van der Waals surface area contributed by atoms with Crippen molar-refractivity contribution in [3.8, 4) is 11.5 Å². The fraction of sp³-hybridized carbons (Fsp3) is 0.250. The number of hydrogen-bond acceptors (Lipinski definition) is 4. The van der Waals surface area contributed by atoms with E-state index in [1.807, 2.05) is 30.3 Å². The number of anilines is 1. The van der Waals surface area contributed by atoms with Crippen LogP contribution in [0.4, 0.5) is 5.69 Å². The average molecular weight is 321 g/mol. The van der Waals surface area contributed by atoms with Crippen LogP contribution in [0.5, 0.6) is 11.5 Å². The van der Waals surface area contributed by atoms with Gasteiger partial charge in [0.25, 0.3) is 0 Å². The van der Waals surface area contributed by atoms with Crippen molar-refractivity contribution in [1.29, 1.82) is 0 Å². The third-order valence-electron chi connectivity index (χ3n) is 3.22. The summed E-state index contributed by atoms with van der Waals surface area (Å²) in [5, 5.41) is 0. The molecule has 0 unspecified atom stereocenters. The van der Waals surface area contributed by atoms with E-state index in [9.17, 15) is 8.42 Å². The van der Waals surface area contributed by atoms with Crippen molar-refractivity contribution in [3.63, 3.8) is 0 Å². The third-order valence-corrected chi connectivity index (χ3v) is 4.35. The molecule has 2 aromatic carbocycles. The van der Waals surface area contributed by atoms with E-state index >= 15 is 0 Å². The molecule has 0 aromatic heterocycles. The molecule has 118 valence electrons. The zero-order valence-electron chi connectivity index (χ0n) is 12.8. The zero-order valence-corrected chi connectivity index (χ0v) is 13.6. The monoisotopic (exact) mass is 321 g/mol. The molecule has 0 saturated carbocycles. The second-order valence-electron chi connectivity index (χ2n) is 4.79. The summed E-state index contributed by atoms with van der Waals surface area (Å²) in [5.41, 5.74) is 1.38. The van der Waals surface area contributed by atoms with Crippen molar-refractivity contribution >= 4 is 15.7 Å². The fourth-order valence-corrected chi connectivity index (χ4v) is 3.01. The average Bonchev–Trinajstić information content (AvgIpc) is 2.52. The zero-order chi connectivity index (χ0) is 16.2. The van der Waals surface area contributed by atoms with Crippen LogP contribution in [0, 0.1) is 0 Å². The molecule has 0 saturated heterocycles. The van der Waals surface area contributed by atoms with E-state index in [0.717, 1.165) is 5.56 Å². The standard InChI is InChI=1S/C16H19NO4S/c1-20-14-9-10-15(16(11-14)21-2)17(22(3,18)19)12-13-7-5-4-6-8-13/h4-11H,12H2,1-3H3. The van der Waals surface area contributed by atoms with E-state index in [1.54, 1.807) is 25.3 Å². The summed E-state index contributed by atoms with van der Waals surface area (Å²) in [5.74, 6) is 1.05. The molecular weight excluding hydrogens is 302 g/mol. The minimum Gasteiger partial charge on any atom is -0.497 e. The van der Waals surface area contributed by atoms with Crippen molar-refractivity contribution in [3.05, 3.63) is 54.1 Å². The summed E-state index contributed by atoms with van der Waals surface area (Å²) in [6.07, 6.45) is 1.18. The van der Waals surface area contributed by atoms with E-state index in [0.29, 0.717) is 17.2 Å². The predicted molar refractivity (Wildman–Crippen MR) is 87.0 cm³/mol. The first-order valence-corrected chi connectivity index (χ1v) is 8.54. The summed E-state index contributed by atoms with van der Waals surface area (Å²) in [4.78, 5) is 0. The molecule has 0 amide bonds. The van der Waals surface area contributed by atoms with Crippen LogP contribution in [-0.4, -0.2) is 28.9 Å². The largest absolute Gasteiger partial charge is 0.497 e. The van der Waals surface area contributed by atoms with Gasteiger partial charge in [-0.05, 0) is 17.7 Å². The van der Waals surface area contributed by atoms with Gasteiger partial charge in [0, 0.05) is 6.07 Å². The van der Waals surface area contributed by atoms with Gasteiger partial charge in [-0.15, -0.1) is 0 Å². The van der Waals surface area contributed by atoms with Crippen LogP contribution in [0.3, 0.4) is 0 Å². The van der Waals surface area contributed by atoms with Crippen LogP contribution in [0.2, 0.25) is 0 Å². The molecule has 5 nitrogen and oxygen atoms in total. The van der Waals surface area contributed by atoms with Gasteiger partial charge >= 0.3 is 0 Å². The van der Waals surface area contributed by atoms with Gasteiger partial charge in [0.2, 0.25) is 10.0 Å². The molecular formula is C16H19NO4S. The Labute approximate surface area is 131 Å². The molecule has 0 radical (unpaired) electrons. The molecule has 6 heteroatoms. The van der Waals surface area contributed by atoms with E-state index in [4.69, 9.17) is 9.47 Å². The second-order valence-corrected chi connectivity index (χ2v) is 6.70. The van der Waals surface area contributed by atoms with E-state index in [2.05, 4.69) is 0 Å². The van der Waals surface area contributed by atoms with Gasteiger partial charge in [0.15, 0.2) is 0 Å². The van der Waals surface area contributed by atoms with Crippen LogP contribution >= 0.6 is 0 Å². The molecule has 22 heavy (non-hydrogen) atoms. The maximum Gasteiger partial charge on any atom is 0.232 e. The maximum absolute atomic E-state index is 12.2. The normalized spacial score (nSPS) is 11.0. The summed E-state index contributed by atoms with van der Waals surface area (Å²) in [6, 6.07) is 14.5. The number of rotatable bonds is 6. The van der Waals surface area contributed by atoms with Gasteiger partial charge in [-0.25, -0.2) is 8.42 Å². The first-order valence-electron chi connectivity index (χ1n) is 6.69. The Bertz CT molecular complexity index is 729. The highest BCUT2D eigenvalue weighted by Gasteiger charge is 2.21. The van der Waals surface area contributed by atoms with Crippen molar-refractivity contribution in [2.75, 3.05) is 24.8 Å². The van der Waals surface area contributed by atoms with Gasteiger partial charge in [0.05, 0.1) is 32.7 Å². The molecule has 0 fully saturated rings. The van der Waals surface area contributed by atoms with Crippen molar-refractivity contribution < 1.29 is 17.9 Å². The topological polar surface area (TPSA) is 55.8 Å². The highest BCUT2D eigenvalue weighted by Crippen LogP contribution is 2.34. The molecule has 0 aliphatic rings. The lowest BCUT2D eigenvalue weighted by Gasteiger charge is -2.24. The van der Waals surface area contributed by atoms with Gasteiger partial charge in [-0.3, -0.25) is 4.31 Å². The molecule has 0 aliphatic heterocycles.